The fourth-order valence-electron chi connectivity index (χ4n) is 3.79. The standard InChI is InChI=1S/C23H17N5O/c1-15-14-22(29)28(20-12-6-4-8-16(15)20)21-13-7-5-10-18(21)17-9-2-3-11-19(17)23-24-26-27-25-23/h2-14H,1H3,(H,24,25,26,27). The zero-order valence-corrected chi connectivity index (χ0v) is 15.7. The van der Waals surface area contributed by atoms with Crippen molar-refractivity contribution < 1.29 is 0 Å². The number of hydrogen-bond donors (Lipinski definition) is 1. The summed E-state index contributed by atoms with van der Waals surface area (Å²) in [4.78, 5) is 13.1. The smallest absolute Gasteiger partial charge is 0.255 e. The molecule has 0 unspecified atom stereocenters. The third kappa shape index (κ3) is 2.82. The predicted molar refractivity (Wildman–Crippen MR) is 113 cm³/mol. The molecule has 140 valence electrons. The van der Waals surface area contributed by atoms with E-state index in [0.29, 0.717) is 5.82 Å². The predicted octanol–water partition coefficient (Wildman–Crippen LogP) is 4.15. The van der Waals surface area contributed by atoms with Gasteiger partial charge in [-0.1, -0.05) is 60.7 Å². The summed E-state index contributed by atoms with van der Waals surface area (Å²) in [6.07, 6.45) is 0. The van der Waals surface area contributed by atoms with Crippen molar-refractivity contribution in [3.05, 3.63) is 94.8 Å². The number of rotatable bonds is 3. The molecule has 5 aromatic rings. The highest BCUT2D eigenvalue weighted by molar-refractivity contribution is 5.88. The van der Waals surface area contributed by atoms with Gasteiger partial charge in [0.25, 0.3) is 5.56 Å². The van der Waals surface area contributed by atoms with Gasteiger partial charge in [-0.25, -0.2) is 5.10 Å². The number of benzene rings is 3. The summed E-state index contributed by atoms with van der Waals surface area (Å²) in [6.45, 7) is 1.96. The molecule has 0 atom stereocenters. The minimum Gasteiger partial charge on any atom is -0.276 e. The van der Waals surface area contributed by atoms with Crippen LogP contribution in [0.25, 0.3) is 39.1 Å². The van der Waals surface area contributed by atoms with Crippen LogP contribution < -0.4 is 5.56 Å². The quantitative estimate of drug-likeness (QED) is 0.511. The highest BCUT2D eigenvalue weighted by Crippen LogP contribution is 2.34. The Morgan fingerprint density at radius 3 is 2.31 bits per heavy atom. The van der Waals surface area contributed by atoms with Gasteiger partial charge in [-0.2, -0.15) is 0 Å². The summed E-state index contributed by atoms with van der Waals surface area (Å²) in [5.41, 5.74) is 5.33. The second kappa shape index (κ2) is 6.83. The Labute approximate surface area is 166 Å². The van der Waals surface area contributed by atoms with E-state index in [9.17, 15) is 4.79 Å². The molecule has 2 heterocycles. The third-order valence-electron chi connectivity index (χ3n) is 5.09. The van der Waals surface area contributed by atoms with Crippen LogP contribution in [-0.4, -0.2) is 25.2 Å². The van der Waals surface area contributed by atoms with Crippen LogP contribution >= 0.6 is 0 Å². The van der Waals surface area contributed by atoms with Crippen molar-refractivity contribution in [3.8, 4) is 28.2 Å². The topological polar surface area (TPSA) is 76.5 Å². The molecule has 0 bridgehead atoms. The van der Waals surface area contributed by atoms with Gasteiger partial charge in [-0.15, -0.1) is 5.10 Å². The molecular weight excluding hydrogens is 362 g/mol. The van der Waals surface area contributed by atoms with Crippen molar-refractivity contribution >= 4 is 10.9 Å². The van der Waals surface area contributed by atoms with E-state index in [-0.39, 0.29) is 5.56 Å². The van der Waals surface area contributed by atoms with E-state index >= 15 is 0 Å². The number of nitrogens with zero attached hydrogens (tertiary/aromatic N) is 4. The summed E-state index contributed by atoms with van der Waals surface area (Å²) >= 11 is 0. The fraction of sp³-hybridized carbons (Fsp3) is 0.0435. The number of tetrazole rings is 1. The summed E-state index contributed by atoms with van der Waals surface area (Å²) in [6, 6.07) is 25.4. The van der Waals surface area contributed by atoms with Crippen molar-refractivity contribution in [3.63, 3.8) is 0 Å². The third-order valence-corrected chi connectivity index (χ3v) is 5.09. The SMILES string of the molecule is Cc1cc(=O)n(-c2ccccc2-c2ccccc2-c2nnn[nH]2)c2ccccc12. The molecule has 0 aliphatic heterocycles. The summed E-state index contributed by atoms with van der Waals surface area (Å²) < 4.78 is 1.77. The van der Waals surface area contributed by atoms with E-state index in [0.717, 1.165) is 38.8 Å². The van der Waals surface area contributed by atoms with Gasteiger partial charge in [-0.3, -0.25) is 9.36 Å². The maximum Gasteiger partial charge on any atom is 0.255 e. The Kier molecular flexibility index (Phi) is 4.02. The first-order chi connectivity index (χ1) is 14.2. The van der Waals surface area contributed by atoms with Gasteiger partial charge in [0.2, 0.25) is 0 Å². The first kappa shape index (κ1) is 17.1. The van der Waals surface area contributed by atoms with Crippen LogP contribution in [0.4, 0.5) is 0 Å². The molecule has 2 aromatic heterocycles. The number of aromatic amines is 1. The van der Waals surface area contributed by atoms with Gasteiger partial charge in [0, 0.05) is 22.6 Å². The molecule has 29 heavy (non-hydrogen) atoms. The Balaban J connectivity index is 1.84. The van der Waals surface area contributed by atoms with Crippen LogP contribution in [0, 0.1) is 6.92 Å². The minimum absolute atomic E-state index is 0.0625. The van der Waals surface area contributed by atoms with E-state index in [1.807, 2.05) is 79.7 Å². The van der Waals surface area contributed by atoms with Crippen LogP contribution in [-0.2, 0) is 0 Å². The highest BCUT2D eigenvalue weighted by Gasteiger charge is 2.16. The molecule has 0 fully saturated rings. The zero-order chi connectivity index (χ0) is 19.8. The number of para-hydroxylation sites is 2. The number of pyridine rings is 1. The lowest BCUT2D eigenvalue weighted by molar-refractivity contribution is 0.881. The molecule has 5 rings (SSSR count). The van der Waals surface area contributed by atoms with Crippen LogP contribution in [0.2, 0.25) is 0 Å². The molecule has 3 aromatic carbocycles. The number of hydrogen-bond acceptors (Lipinski definition) is 4. The summed E-state index contributed by atoms with van der Waals surface area (Å²) in [5.74, 6) is 0.580. The lowest BCUT2D eigenvalue weighted by Crippen LogP contribution is -2.19. The van der Waals surface area contributed by atoms with Crippen LogP contribution in [0.1, 0.15) is 5.56 Å². The van der Waals surface area contributed by atoms with Gasteiger partial charge in [-0.05, 0) is 40.6 Å². The van der Waals surface area contributed by atoms with Gasteiger partial charge in [0.1, 0.15) is 0 Å². The highest BCUT2D eigenvalue weighted by atomic mass is 16.1. The summed E-state index contributed by atoms with van der Waals surface area (Å²) in [7, 11) is 0. The van der Waals surface area contributed by atoms with Gasteiger partial charge >= 0.3 is 0 Å². The average molecular weight is 379 g/mol. The average Bonchev–Trinajstić information content (AvgIpc) is 3.29. The first-order valence-electron chi connectivity index (χ1n) is 9.28. The van der Waals surface area contributed by atoms with Crippen molar-refractivity contribution in [2.24, 2.45) is 0 Å². The summed E-state index contributed by atoms with van der Waals surface area (Å²) in [5, 5.41) is 15.4. The van der Waals surface area contributed by atoms with Gasteiger partial charge in [0.05, 0.1) is 11.2 Å². The number of nitrogens with one attached hydrogen (secondary N) is 1. The molecule has 1 N–H and O–H groups in total. The minimum atomic E-state index is -0.0625. The van der Waals surface area contributed by atoms with E-state index in [1.54, 1.807) is 10.6 Å². The van der Waals surface area contributed by atoms with Crippen molar-refractivity contribution in [2.75, 3.05) is 0 Å². The van der Waals surface area contributed by atoms with Crippen LogP contribution in [0.3, 0.4) is 0 Å². The van der Waals surface area contributed by atoms with E-state index < -0.39 is 0 Å². The lowest BCUT2D eigenvalue weighted by Gasteiger charge is -2.17. The van der Waals surface area contributed by atoms with Crippen molar-refractivity contribution in [1.82, 2.24) is 25.2 Å². The number of aryl methyl sites for hydroxylation is 1. The molecule has 6 heteroatoms. The second-order valence-corrected chi connectivity index (χ2v) is 6.83. The van der Waals surface area contributed by atoms with Crippen molar-refractivity contribution in [2.45, 2.75) is 6.92 Å². The van der Waals surface area contributed by atoms with E-state index in [4.69, 9.17) is 0 Å². The Bertz CT molecular complexity index is 1390. The molecule has 0 aliphatic rings. The molecule has 0 amide bonds. The fourth-order valence-corrected chi connectivity index (χ4v) is 3.79. The largest absolute Gasteiger partial charge is 0.276 e. The molecule has 6 nitrogen and oxygen atoms in total. The Morgan fingerprint density at radius 1 is 0.828 bits per heavy atom. The van der Waals surface area contributed by atoms with Crippen molar-refractivity contribution in [1.29, 1.82) is 0 Å². The number of H-pyrrole nitrogens is 1. The molecule has 0 saturated heterocycles. The Hall–Kier alpha value is -4.06. The van der Waals surface area contributed by atoms with Gasteiger partial charge < -0.3 is 0 Å². The monoisotopic (exact) mass is 379 g/mol. The van der Waals surface area contributed by atoms with Gasteiger partial charge in [0.15, 0.2) is 5.82 Å². The molecule has 0 saturated carbocycles. The lowest BCUT2D eigenvalue weighted by atomic mass is 9.97. The molecular formula is C23H17N5O. The van der Waals surface area contributed by atoms with E-state index in [2.05, 4.69) is 20.6 Å². The molecule has 0 radical (unpaired) electrons. The zero-order valence-electron chi connectivity index (χ0n) is 15.7. The van der Waals surface area contributed by atoms with Crippen LogP contribution in [0.15, 0.2) is 83.7 Å². The number of aromatic nitrogens is 5. The van der Waals surface area contributed by atoms with Crippen LogP contribution in [0.5, 0.6) is 0 Å². The Morgan fingerprint density at radius 2 is 1.52 bits per heavy atom. The number of fused-ring (bicyclic) bond motifs is 1. The molecule has 0 aliphatic carbocycles. The normalized spacial score (nSPS) is 11.1. The maximum atomic E-state index is 13.1. The van der Waals surface area contributed by atoms with E-state index in [1.165, 1.54) is 0 Å². The molecule has 0 spiro atoms. The maximum absolute atomic E-state index is 13.1. The first-order valence-corrected chi connectivity index (χ1v) is 9.28. The second-order valence-electron chi connectivity index (χ2n) is 6.83.